The second-order valence-electron chi connectivity index (χ2n) is 4.54. The first-order valence-electron chi connectivity index (χ1n) is 6.21. The Bertz CT molecular complexity index is 749. The van der Waals surface area contributed by atoms with Crippen molar-refractivity contribution in [1.82, 2.24) is 4.57 Å². The summed E-state index contributed by atoms with van der Waals surface area (Å²) < 4.78 is 14.8. The summed E-state index contributed by atoms with van der Waals surface area (Å²) in [5, 5.41) is -0.382. The van der Waals surface area contributed by atoms with Crippen LogP contribution in [-0.2, 0) is 11.8 Å². The van der Waals surface area contributed by atoms with E-state index < -0.39 is 11.7 Å². The van der Waals surface area contributed by atoms with Crippen molar-refractivity contribution in [2.24, 2.45) is 7.05 Å². The molecule has 1 aliphatic rings. The number of hydrogen-bond donors (Lipinski definition) is 0. The quantitative estimate of drug-likeness (QED) is 0.798. The van der Waals surface area contributed by atoms with Crippen LogP contribution in [0.2, 0.25) is 0 Å². The van der Waals surface area contributed by atoms with Gasteiger partial charge in [0.2, 0.25) is 0 Å². The number of carbonyl (C=O) groups is 2. The minimum absolute atomic E-state index is 0.353. The van der Waals surface area contributed by atoms with Gasteiger partial charge in [0.1, 0.15) is 5.82 Å². The number of carbonyl (C=O) groups excluding carboxylic acids is 2. The van der Waals surface area contributed by atoms with Gasteiger partial charge in [-0.2, -0.15) is 0 Å². The van der Waals surface area contributed by atoms with Crippen LogP contribution in [0.15, 0.2) is 47.5 Å². The van der Waals surface area contributed by atoms with E-state index in [1.54, 1.807) is 6.08 Å². The molecule has 4 nitrogen and oxygen atoms in total. The molecule has 106 valence electrons. The smallest absolute Gasteiger partial charge is 0.298 e. The normalized spacial score (nSPS) is 17.0. The average molecular weight is 302 g/mol. The molecule has 1 fully saturated rings. The molecule has 2 heterocycles. The highest BCUT2D eigenvalue weighted by Gasteiger charge is 2.36. The second-order valence-corrected chi connectivity index (χ2v) is 5.53. The minimum Gasteiger partial charge on any atom is -0.351 e. The Labute approximate surface area is 124 Å². The molecule has 0 N–H and O–H groups in total. The number of halogens is 1. The van der Waals surface area contributed by atoms with Gasteiger partial charge >= 0.3 is 0 Å². The first-order chi connectivity index (χ1) is 10.1. The lowest BCUT2D eigenvalue weighted by molar-refractivity contribution is -0.113. The fraction of sp³-hybridized carbons (Fsp3) is 0.0667. The van der Waals surface area contributed by atoms with Crippen LogP contribution in [0.4, 0.5) is 14.9 Å². The number of thioether (sulfide) groups is 1. The van der Waals surface area contributed by atoms with E-state index in [-0.39, 0.29) is 5.24 Å². The molecule has 0 unspecified atom stereocenters. The summed E-state index contributed by atoms with van der Waals surface area (Å²) in [5.41, 5.74) is 1.20. The van der Waals surface area contributed by atoms with Gasteiger partial charge in [-0.1, -0.05) is 0 Å². The SMILES string of the molecule is Cn1cccc1/C=C1/SC(=O)N(c2ccc(F)cc2)C1=O. The van der Waals surface area contributed by atoms with Crippen molar-refractivity contribution in [2.75, 3.05) is 4.90 Å². The van der Waals surface area contributed by atoms with Gasteiger partial charge in [-0.15, -0.1) is 0 Å². The third kappa shape index (κ3) is 2.50. The molecule has 1 aromatic heterocycles. The second kappa shape index (κ2) is 5.21. The number of hydrogen-bond acceptors (Lipinski definition) is 3. The van der Waals surface area contributed by atoms with Crippen LogP contribution >= 0.6 is 11.8 Å². The van der Waals surface area contributed by atoms with Gasteiger partial charge in [-0.05, 0) is 54.2 Å². The molecule has 2 aromatic rings. The van der Waals surface area contributed by atoms with Crippen molar-refractivity contribution in [3.63, 3.8) is 0 Å². The van der Waals surface area contributed by atoms with E-state index in [4.69, 9.17) is 0 Å². The molecule has 1 saturated heterocycles. The lowest BCUT2D eigenvalue weighted by Gasteiger charge is -2.11. The predicted octanol–water partition coefficient (Wildman–Crippen LogP) is 3.41. The first-order valence-corrected chi connectivity index (χ1v) is 7.03. The van der Waals surface area contributed by atoms with E-state index in [1.165, 1.54) is 24.3 Å². The summed E-state index contributed by atoms with van der Waals surface area (Å²) in [5.74, 6) is -0.803. The molecule has 6 heteroatoms. The van der Waals surface area contributed by atoms with Crippen LogP contribution in [-0.4, -0.2) is 15.7 Å². The Balaban J connectivity index is 1.94. The van der Waals surface area contributed by atoms with E-state index >= 15 is 0 Å². The topological polar surface area (TPSA) is 42.3 Å². The zero-order chi connectivity index (χ0) is 15.0. The molecule has 21 heavy (non-hydrogen) atoms. The van der Waals surface area contributed by atoms with Crippen LogP contribution in [0.5, 0.6) is 0 Å². The van der Waals surface area contributed by atoms with Gasteiger partial charge in [-0.25, -0.2) is 9.29 Å². The van der Waals surface area contributed by atoms with Gasteiger partial charge in [0, 0.05) is 18.9 Å². The average Bonchev–Trinajstić information content (AvgIpc) is 2.97. The number of anilines is 1. The predicted molar refractivity (Wildman–Crippen MR) is 80.3 cm³/mol. The molecule has 1 aliphatic heterocycles. The van der Waals surface area contributed by atoms with Gasteiger partial charge in [0.25, 0.3) is 11.1 Å². The molecule has 0 aliphatic carbocycles. The summed E-state index contributed by atoms with van der Waals surface area (Å²) in [6, 6.07) is 8.98. The number of imide groups is 1. The Morgan fingerprint density at radius 2 is 1.86 bits per heavy atom. The monoisotopic (exact) mass is 302 g/mol. The fourth-order valence-corrected chi connectivity index (χ4v) is 2.87. The number of nitrogens with zero attached hydrogens (tertiary/aromatic N) is 2. The summed E-state index contributed by atoms with van der Waals surface area (Å²) in [7, 11) is 1.86. The van der Waals surface area contributed by atoms with E-state index in [2.05, 4.69) is 0 Å². The zero-order valence-electron chi connectivity index (χ0n) is 11.1. The highest BCUT2D eigenvalue weighted by molar-refractivity contribution is 8.19. The minimum atomic E-state index is -0.412. The lowest BCUT2D eigenvalue weighted by atomic mass is 10.2. The van der Waals surface area contributed by atoms with Crippen molar-refractivity contribution < 1.29 is 14.0 Å². The first kappa shape index (κ1) is 13.6. The lowest BCUT2D eigenvalue weighted by Crippen LogP contribution is -2.27. The fourth-order valence-electron chi connectivity index (χ4n) is 2.04. The van der Waals surface area contributed by atoms with Crippen molar-refractivity contribution in [3.05, 3.63) is 59.0 Å². The maximum absolute atomic E-state index is 12.9. The molecule has 0 bridgehead atoms. The van der Waals surface area contributed by atoms with Gasteiger partial charge in [0.05, 0.1) is 10.6 Å². The van der Waals surface area contributed by atoms with Crippen LogP contribution in [0, 0.1) is 5.82 Å². The molecule has 3 rings (SSSR count). The molecular formula is C15H11FN2O2S. The molecular weight excluding hydrogens is 291 g/mol. The van der Waals surface area contributed by atoms with Gasteiger partial charge < -0.3 is 4.57 Å². The van der Waals surface area contributed by atoms with Crippen molar-refractivity contribution in [3.8, 4) is 0 Å². The van der Waals surface area contributed by atoms with E-state index in [0.29, 0.717) is 10.6 Å². The third-order valence-electron chi connectivity index (χ3n) is 3.14. The number of amides is 2. The van der Waals surface area contributed by atoms with E-state index in [0.717, 1.165) is 22.4 Å². The highest BCUT2D eigenvalue weighted by atomic mass is 32.2. The van der Waals surface area contributed by atoms with Crippen LogP contribution in [0.25, 0.3) is 6.08 Å². The Hall–Kier alpha value is -2.34. The molecule has 1 aromatic carbocycles. The molecule has 0 saturated carbocycles. The Morgan fingerprint density at radius 1 is 1.14 bits per heavy atom. The molecule has 0 atom stereocenters. The summed E-state index contributed by atoms with van der Waals surface area (Å²) >= 11 is 0.879. The maximum Gasteiger partial charge on any atom is 0.298 e. The van der Waals surface area contributed by atoms with Crippen molar-refractivity contribution >= 4 is 34.7 Å². The summed E-state index contributed by atoms with van der Waals surface area (Å²) in [4.78, 5) is 25.8. The molecule has 2 amide bonds. The van der Waals surface area contributed by atoms with Crippen LogP contribution < -0.4 is 4.90 Å². The van der Waals surface area contributed by atoms with Crippen molar-refractivity contribution in [1.29, 1.82) is 0 Å². The van der Waals surface area contributed by atoms with E-state index in [9.17, 15) is 14.0 Å². The standard InChI is InChI=1S/C15H11FN2O2S/c1-17-8-2-3-12(17)9-13-14(19)18(15(20)21-13)11-6-4-10(16)5-7-11/h2-9H,1H3/b13-9+. The largest absolute Gasteiger partial charge is 0.351 e. The van der Waals surface area contributed by atoms with Gasteiger partial charge in [-0.3, -0.25) is 9.59 Å². The zero-order valence-corrected chi connectivity index (χ0v) is 11.9. The van der Waals surface area contributed by atoms with Crippen molar-refractivity contribution in [2.45, 2.75) is 0 Å². The Kier molecular flexibility index (Phi) is 3.39. The number of aryl methyl sites for hydroxylation is 1. The third-order valence-corrected chi connectivity index (χ3v) is 4.01. The maximum atomic E-state index is 12.9. The number of rotatable bonds is 2. The van der Waals surface area contributed by atoms with Crippen LogP contribution in [0.1, 0.15) is 5.69 Å². The summed E-state index contributed by atoms with van der Waals surface area (Å²) in [6.45, 7) is 0. The Morgan fingerprint density at radius 3 is 2.48 bits per heavy atom. The van der Waals surface area contributed by atoms with Gasteiger partial charge in [0.15, 0.2) is 0 Å². The molecule has 0 radical (unpaired) electrons. The van der Waals surface area contributed by atoms with Crippen LogP contribution in [0.3, 0.4) is 0 Å². The number of benzene rings is 1. The highest BCUT2D eigenvalue weighted by Crippen LogP contribution is 2.35. The molecule has 0 spiro atoms. The van der Waals surface area contributed by atoms with E-state index in [1.807, 2.05) is 29.9 Å². The summed E-state index contributed by atoms with van der Waals surface area (Å²) in [6.07, 6.45) is 3.53. The number of aromatic nitrogens is 1.